The molecule has 0 radical (unpaired) electrons. The summed E-state index contributed by atoms with van der Waals surface area (Å²) in [6.07, 6.45) is 0. The first kappa shape index (κ1) is 20.0. The van der Waals surface area contributed by atoms with Gasteiger partial charge in [0, 0.05) is 5.56 Å². The molecule has 29 heavy (non-hydrogen) atoms. The minimum Gasteiger partial charge on any atom is -0.461 e. The molecule has 0 spiro atoms. The Kier molecular flexibility index (Phi) is 5.61. The van der Waals surface area contributed by atoms with E-state index in [9.17, 15) is 17.6 Å². The van der Waals surface area contributed by atoms with Gasteiger partial charge in [0.2, 0.25) is 15.5 Å². The number of hydrogen-bond acceptors (Lipinski definition) is 8. The van der Waals surface area contributed by atoms with E-state index in [0.717, 1.165) is 6.07 Å². The molecule has 0 atom stereocenters. The highest BCUT2D eigenvalue weighted by Crippen LogP contribution is 2.25. The summed E-state index contributed by atoms with van der Waals surface area (Å²) in [7, 11) is -4.32. The van der Waals surface area contributed by atoms with E-state index in [0.29, 0.717) is 0 Å². The second-order valence-electron chi connectivity index (χ2n) is 5.66. The lowest BCUT2D eigenvalue weighted by molar-refractivity contribution is 0.0511. The smallest absolute Gasteiger partial charge is 0.361 e. The summed E-state index contributed by atoms with van der Waals surface area (Å²) in [6, 6.07) is 12.1. The van der Waals surface area contributed by atoms with Gasteiger partial charge in [-0.3, -0.25) is 0 Å². The van der Waals surface area contributed by atoms with Crippen molar-refractivity contribution in [1.29, 1.82) is 5.26 Å². The summed E-state index contributed by atoms with van der Waals surface area (Å²) in [6.45, 7) is 1.54. The molecule has 0 N–H and O–H groups in total. The molecule has 2 aromatic carbocycles. The summed E-state index contributed by atoms with van der Waals surface area (Å²) < 4.78 is 44.6. The molecule has 1 aromatic heterocycles. The molecule has 0 bridgehead atoms. The maximum absolute atomic E-state index is 13.5. The quantitative estimate of drug-likeness (QED) is 0.586. The van der Waals surface area contributed by atoms with E-state index in [1.165, 1.54) is 42.5 Å². The highest BCUT2D eigenvalue weighted by molar-refractivity contribution is 7.91. The van der Waals surface area contributed by atoms with E-state index >= 15 is 0 Å². The Balaban J connectivity index is 2.20. The van der Waals surface area contributed by atoms with Crippen molar-refractivity contribution in [1.82, 2.24) is 15.2 Å². The fraction of sp³-hybridized carbons (Fsp3) is 0.105. The van der Waals surface area contributed by atoms with Gasteiger partial charge < -0.3 is 4.74 Å². The van der Waals surface area contributed by atoms with Crippen LogP contribution >= 0.6 is 0 Å². The Bertz CT molecular complexity index is 1220. The number of benzene rings is 2. The van der Waals surface area contributed by atoms with E-state index in [2.05, 4.69) is 15.2 Å². The van der Waals surface area contributed by atoms with E-state index in [-0.39, 0.29) is 28.5 Å². The molecule has 0 unspecified atom stereocenters. The third-order valence-corrected chi connectivity index (χ3v) is 5.44. The Morgan fingerprint density at radius 3 is 2.52 bits per heavy atom. The lowest BCUT2D eigenvalue weighted by Gasteiger charge is -2.10. The van der Waals surface area contributed by atoms with Crippen LogP contribution in [0.4, 0.5) is 4.39 Å². The molecule has 0 aliphatic heterocycles. The second-order valence-corrected chi connectivity index (χ2v) is 7.52. The average molecular weight is 412 g/mol. The number of carbonyl (C=O) groups is 1. The summed E-state index contributed by atoms with van der Waals surface area (Å²) in [5.74, 6) is -1.76. The maximum Gasteiger partial charge on any atom is 0.361 e. The Morgan fingerprint density at radius 1 is 1.17 bits per heavy atom. The lowest BCUT2D eigenvalue weighted by atomic mass is 10.2. The van der Waals surface area contributed by atoms with Crippen molar-refractivity contribution in [3.63, 3.8) is 0 Å². The van der Waals surface area contributed by atoms with Crippen LogP contribution in [0.2, 0.25) is 0 Å². The summed E-state index contributed by atoms with van der Waals surface area (Å²) >= 11 is 0. The second kappa shape index (κ2) is 8.12. The predicted molar refractivity (Wildman–Crippen MR) is 97.8 cm³/mol. The summed E-state index contributed by atoms with van der Waals surface area (Å²) in [5, 5.41) is 15.7. The summed E-state index contributed by atoms with van der Waals surface area (Å²) in [4.78, 5) is 16.0. The molecule has 3 aromatic rings. The molecule has 8 nitrogen and oxygen atoms in total. The van der Waals surface area contributed by atoms with Crippen LogP contribution in [0.1, 0.15) is 23.0 Å². The van der Waals surface area contributed by atoms with Gasteiger partial charge in [-0.25, -0.2) is 22.6 Å². The van der Waals surface area contributed by atoms with Crippen molar-refractivity contribution < 1.29 is 22.3 Å². The van der Waals surface area contributed by atoms with Gasteiger partial charge in [-0.15, -0.1) is 10.2 Å². The van der Waals surface area contributed by atoms with Crippen LogP contribution in [0.15, 0.2) is 58.5 Å². The van der Waals surface area contributed by atoms with Crippen molar-refractivity contribution in [2.45, 2.75) is 16.8 Å². The van der Waals surface area contributed by atoms with Gasteiger partial charge in [0.15, 0.2) is 10.9 Å². The van der Waals surface area contributed by atoms with Crippen LogP contribution in [-0.2, 0) is 14.6 Å². The summed E-state index contributed by atoms with van der Waals surface area (Å²) in [5.41, 5.74) is -0.142. The van der Waals surface area contributed by atoms with Gasteiger partial charge in [-0.2, -0.15) is 5.26 Å². The number of nitrogens with zero attached hydrogens (tertiary/aromatic N) is 4. The van der Waals surface area contributed by atoms with Crippen molar-refractivity contribution in [3.8, 4) is 17.5 Å². The molecule has 10 heteroatoms. The molecule has 0 saturated carbocycles. The Labute approximate surface area is 165 Å². The standard InChI is InChI=1S/C19H13FN4O4S/c1-2-28-19(25)16-18(29(26,27)15-8-6-12(11-21)7-9-15)22-17(24-23-16)13-4-3-5-14(20)10-13/h3-10H,2H2,1H3. The van der Waals surface area contributed by atoms with Gasteiger partial charge >= 0.3 is 5.97 Å². The van der Waals surface area contributed by atoms with Gasteiger partial charge in [0.25, 0.3) is 0 Å². The number of carbonyl (C=O) groups excluding carboxylic acids is 1. The molecule has 0 aliphatic rings. The first-order valence-electron chi connectivity index (χ1n) is 8.30. The zero-order chi connectivity index (χ0) is 21.0. The van der Waals surface area contributed by atoms with Crippen LogP contribution in [0.5, 0.6) is 0 Å². The number of nitriles is 1. The minimum absolute atomic E-state index is 0.0114. The van der Waals surface area contributed by atoms with Crippen LogP contribution in [0, 0.1) is 17.1 Å². The number of aromatic nitrogens is 3. The number of ether oxygens (including phenoxy) is 1. The molecule has 146 valence electrons. The molecule has 0 saturated heterocycles. The van der Waals surface area contributed by atoms with Crippen molar-refractivity contribution in [2.24, 2.45) is 0 Å². The predicted octanol–water partition coefficient (Wildman–Crippen LogP) is 2.56. The highest BCUT2D eigenvalue weighted by atomic mass is 32.2. The van der Waals surface area contributed by atoms with E-state index in [4.69, 9.17) is 10.00 Å². The van der Waals surface area contributed by atoms with E-state index in [1.807, 2.05) is 6.07 Å². The van der Waals surface area contributed by atoms with Crippen LogP contribution in [0.25, 0.3) is 11.4 Å². The van der Waals surface area contributed by atoms with Crippen molar-refractivity contribution in [3.05, 3.63) is 65.6 Å². The van der Waals surface area contributed by atoms with Gasteiger partial charge in [0.05, 0.1) is 23.1 Å². The van der Waals surface area contributed by atoms with E-state index in [1.54, 1.807) is 6.92 Å². The molecular weight excluding hydrogens is 399 g/mol. The number of rotatable bonds is 5. The SMILES string of the molecule is CCOC(=O)c1nnc(-c2cccc(F)c2)nc1S(=O)(=O)c1ccc(C#N)cc1. The average Bonchev–Trinajstić information content (AvgIpc) is 2.73. The van der Waals surface area contributed by atoms with Crippen LogP contribution in [0.3, 0.4) is 0 Å². The fourth-order valence-electron chi connectivity index (χ4n) is 2.40. The first-order chi connectivity index (χ1) is 13.9. The van der Waals surface area contributed by atoms with Crippen LogP contribution < -0.4 is 0 Å². The Hall–Kier alpha value is -3.71. The maximum atomic E-state index is 13.5. The number of halogens is 1. The van der Waals surface area contributed by atoms with Crippen molar-refractivity contribution >= 4 is 15.8 Å². The monoisotopic (exact) mass is 412 g/mol. The zero-order valence-electron chi connectivity index (χ0n) is 15.0. The molecule has 0 amide bonds. The van der Waals surface area contributed by atoms with Gasteiger partial charge in [-0.1, -0.05) is 12.1 Å². The number of hydrogen-bond donors (Lipinski definition) is 0. The molecule has 1 heterocycles. The number of sulfone groups is 1. The normalized spacial score (nSPS) is 10.9. The fourth-order valence-corrected chi connectivity index (χ4v) is 3.70. The third-order valence-electron chi connectivity index (χ3n) is 3.75. The molecular formula is C19H13FN4O4S. The minimum atomic E-state index is -4.32. The van der Waals surface area contributed by atoms with Gasteiger partial charge in [-0.05, 0) is 43.3 Å². The molecule has 3 rings (SSSR count). The Morgan fingerprint density at radius 2 is 1.90 bits per heavy atom. The lowest BCUT2D eigenvalue weighted by Crippen LogP contribution is -2.18. The molecule has 0 aliphatic carbocycles. The topological polar surface area (TPSA) is 123 Å². The zero-order valence-corrected chi connectivity index (χ0v) is 15.9. The van der Waals surface area contributed by atoms with E-state index < -0.39 is 32.3 Å². The van der Waals surface area contributed by atoms with Gasteiger partial charge in [0.1, 0.15) is 5.82 Å². The third kappa shape index (κ3) is 4.09. The highest BCUT2D eigenvalue weighted by Gasteiger charge is 2.30. The molecule has 0 fully saturated rings. The number of esters is 1. The van der Waals surface area contributed by atoms with Crippen LogP contribution in [-0.4, -0.2) is 36.2 Å². The first-order valence-corrected chi connectivity index (χ1v) is 9.78. The van der Waals surface area contributed by atoms with Crippen molar-refractivity contribution in [2.75, 3.05) is 6.61 Å². The largest absolute Gasteiger partial charge is 0.461 e.